The molecule has 0 aliphatic carbocycles. The Kier molecular flexibility index (Phi) is 3.19. The molecule has 4 N–H and O–H groups in total. The van der Waals surface area contributed by atoms with Crippen LogP contribution in [0.1, 0.15) is 11.8 Å². The van der Waals surface area contributed by atoms with Crippen molar-refractivity contribution in [3.8, 4) is 0 Å². The first kappa shape index (κ1) is 10.4. The lowest BCUT2D eigenvalue weighted by Crippen LogP contribution is -2.12. The third-order valence-corrected chi connectivity index (χ3v) is 1.88. The van der Waals surface area contributed by atoms with Crippen LogP contribution in [-0.4, -0.2) is 9.79 Å². The van der Waals surface area contributed by atoms with Gasteiger partial charge in [0.25, 0.3) is 0 Å². The van der Waals surface area contributed by atoms with E-state index in [4.69, 9.17) is 15.5 Å². The molecule has 0 aliphatic rings. The molecule has 0 fully saturated rings. The molecule has 1 unspecified atom stereocenters. The SMILES string of the molecule is NC(OP(=O)(O)O)c1ccccc1. The fraction of sp³-hybridized carbons (Fsp3) is 0.143. The molecule has 72 valence electrons. The minimum absolute atomic E-state index is 0.519. The van der Waals surface area contributed by atoms with Crippen molar-refractivity contribution in [2.45, 2.75) is 6.23 Å². The van der Waals surface area contributed by atoms with E-state index in [1.165, 1.54) is 0 Å². The number of phosphoric ester groups is 1. The van der Waals surface area contributed by atoms with Crippen LogP contribution in [0.5, 0.6) is 0 Å². The quantitative estimate of drug-likeness (QED) is 0.498. The molecular formula is C7H10NO4P. The molecule has 0 aliphatic heterocycles. The predicted molar refractivity (Wildman–Crippen MR) is 46.5 cm³/mol. The van der Waals surface area contributed by atoms with E-state index < -0.39 is 14.1 Å². The normalized spacial score (nSPS) is 14.1. The number of hydrogen-bond acceptors (Lipinski definition) is 3. The fourth-order valence-electron chi connectivity index (χ4n) is 0.852. The van der Waals surface area contributed by atoms with Crippen molar-refractivity contribution in [1.82, 2.24) is 0 Å². The number of phosphoric acid groups is 1. The van der Waals surface area contributed by atoms with Crippen LogP contribution in [-0.2, 0) is 9.09 Å². The maximum atomic E-state index is 10.4. The van der Waals surface area contributed by atoms with Gasteiger partial charge >= 0.3 is 7.82 Å². The highest BCUT2D eigenvalue weighted by Crippen LogP contribution is 2.40. The average molecular weight is 203 g/mol. The Bertz CT molecular complexity index is 310. The largest absolute Gasteiger partial charge is 0.471 e. The van der Waals surface area contributed by atoms with E-state index in [0.717, 1.165) is 0 Å². The van der Waals surface area contributed by atoms with Crippen molar-refractivity contribution >= 4 is 7.82 Å². The van der Waals surface area contributed by atoms with Crippen LogP contribution in [0.25, 0.3) is 0 Å². The van der Waals surface area contributed by atoms with Gasteiger partial charge in [-0.3, -0.25) is 4.52 Å². The molecule has 1 rings (SSSR count). The molecule has 1 aromatic rings. The molecule has 0 saturated carbocycles. The van der Waals surface area contributed by atoms with Gasteiger partial charge in [0, 0.05) is 0 Å². The van der Waals surface area contributed by atoms with Crippen LogP contribution >= 0.6 is 7.82 Å². The second kappa shape index (κ2) is 4.00. The fourth-order valence-corrected chi connectivity index (χ4v) is 1.27. The number of nitrogens with two attached hydrogens (primary N) is 1. The van der Waals surface area contributed by atoms with Gasteiger partial charge in [-0.1, -0.05) is 30.3 Å². The molecule has 0 saturated heterocycles. The third kappa shape index (κ3) is 3.67. The molecule has 0 heterocycles. The van der Waals surface area contributed by atoms with Crippen molar-refractivity contribution in [2.24, 2.45) is 5.73 Å². The zero-order chi connectivity index (χ0) is 9.90. The molecule has 13 heavy (non-hydrogen) atoms. The summed E-state index contributed by atoms with van der Waals surface area (Å²) in [6.07, 6.45) is -1.10. The summed E-state index contributed by atoms with van der Waals surface area (Å²) < 4.78 is 14.7. The number of rotatable bonds is 3. The summed E-state index contributed by atoms with van der Waals surface area (Å²) in [4.78, 5) is 16.9. The van der Waals surface area contributed by atoms with Gasteiger partial charge in [0.2, 0.25) is 0 Å². The van der Waals surface area contributed by atoms with Crippen molar-refractivity contribution in [2.75, 3.05) is 0 Å². The molecule has 6 heteroatoms. The Balaban J connectivity index is 2.70. The van der Waals surface area contributed by atoms with E-state index in [9.17, 15) is 4.57 Å². The van der Waals surface area contributed by atoms with Gasteiger partial charge in [-0.2, -0.15) is 0 Å². The smallest absolute Gasteiger partial charge is 0.303 e. The monoisotopic (exact) mass is 203 g/mol. The van der Waals surface area contributed by atoms with Gasteiger partial charge in [0.1, 0.15) is 6.23 Å². The molecule has 5 nitrogen and oxygen atoms in total. The molecule has 0 bridgehead atoms. The van der Waals surface area contributed by atoms with E-state index in [1.54, 1.807) is 30.3 Å². The summed E-state index contributed by atoms with van der Waals surface area (Å²) in [5.74, 6) is 0. The van der Waals surface area contributed by atoms with Crippen LogP contribution in [0.4, 0.5) is 0 Å². The van der Waals surface area contributed by atoms with Crippen molar-refractivity contribution < 1.29 is 18.9 Å². The van der Waals surface area contributed by atoms with Crippen molar-refractivity contribution in [1.29, 1.82) is 0 Å². The second-order valence-corrected chi connectivity index (χ2v) is 3.62. The zero-order valence-electron chi connectivity index (χ0n) is 6.70. The third-order valence-electron chi connectivity index (χ3n) is 1.38. The Morgan fingerprint density at radius 2 is 1.85 bits per heavy atom. The van der Waals surface area contributed by atoms with Gasteiger partial charge in [-0.25, -0.2) is 4.57 Å². The first-order valence-electron chi connectivity index (χ1n) is 3.53. The minimum atomic E-state index is -4.51. The summed E-state index contributed by atoms with van der Waals surface area (Å²) in [6.45, 7) is 0. The number of hydrogen-bond donors (Lipinski definition) is 3. The molecule has 0 spiro atoms. The maximum absolute atomic E-state index is 10.4. The van der Waals surface area contributed by atoms with Gasteiger partial charge in [-0.15, -0.1) is 0 Å². The van der Waals surface area contributed by atoms with Gasteiger partial charge < -0.3 is 15.5 Å². The number of benzene rings is 1. The van der Waals surface area contributed by atoms with Crippen LogP contribution < -0.4 is 5.73 Å². The minimum Gasteiger partial charge on any atom is -0.303 e. The highest BCUT2D eigenvalue weighted by atomic mass is 31.2. The van der Waals surface area contributed by atoms with Crippen LogP contribution in [0.2, 0.25) is 0 Å². The lowest BCUT2D eigenvalue weighted by Gasteiger charge is -2.13. The van der Waals surface area contributed by atoms with Gasteiger partial charge in [0.05, 0.1) is 0 Å². The zero-order valence-corrected chi connectivity index (χ0v) is 7.59. The Hall–Kier alpha value is -0.710. The van der Waals surface area contributed by atoms with E-state index >= 15 is 0 Å². The average Bonchev–Trinajstić information content (AvgIpc) is 2.03. The Morgan fingerprint density at radius 1 is 1.31 bits per heavy atom. The lowest BCUT2D eigenvalue weighted by atomic mass is 10.2. The summed E-state index contributed by atoms with van der Waals surface area (Å²) in [7, 11) is -4.51. The standard InChI is InChI=1S/C7H10NO4P/c8-7(12-13(9,10)11)6-4-2-1-3-5-6/h1-5,7H,8H2,(H2,9,10,11). The molecule has 0 radical (unpaired) electrons. The van der Waals surface area contributed by atoms with Crippen LogP contribution in [0, 0.1) is 0 Å². The first-order valence-corrected chi connectivity index (χ1v) is 5.06. The molecule has 0 aromatic heterocycles. The highest BCUT2D eigenvalue weighted by molar-refractivity contribution is 7.46. The van der Waals surface area contributed by atoms with E-state index in [1.807, 2.05) is 0 Å². The summed E-state index contributed by atoms with van der Waals surface area (Å²) in [5, 5.41) is 0. The van der Waals surface area contributed by atoms with E-state index in [2.05, 4.69) is 4.52 Å². The van der Waals surface area contributed by atoms with Gasteiger partial charge in [0.15, 0.2) is 0 Å². The van der Waals surface area contributed by atoms with Gasteiger partial charge in [-0.05, 0) is 5.56 Å². The Morgan fingerprint density at radius 3 is 2.31 bits per heavy atom. The first-order chi connectivity index (χ1) is 5.99. The van der Waals surface area contributed by atoms with E-state index in [-0.39, 0.29) is 0 Å². The topological polar surface area (TPSA) is 92.8 Å². The summed E-state index contributed by atoms with van der Waals surface area (Å²) >= 11 is 0. The highest BCUT2D eigenvalue weighted by Gasteiger charge is 2.19. The second-order valence-electron chi connectivity index (χ2n) is 2.43. The van der Waals surface area contributed by atoms with Crippen LogP contribution in [0.15, 0.2) is 30.3 Å². The van der Waals surface area contributed by atoms with Crippen molar-refractivity contribution in [3.63, 3.8) is 0 Å². The van der Waals surface area contributed by atoms with Crippen LogP contribution in [0.3, 0.4) is 0 Å². The summed E-state index contributed by atoms with van der Waals surface area (Å²) in [6, 6.07) is 8.44. The lowest BCUT2D eigenvalue weighted by molar-refractivity contribution is 0.138. The molecule has 1 aromatic carbocycles. The Labute approximate surface area is 75.4 Å². The molecule has 0 amide bonds. The molecular weight excluding hydrogens is 193 g/mol. The maximum Gasteiger partial charge on any atom is 0.471 e. The van der Waals surface area contributed by atoms with E-state index in [0.29, 0.717) is 5.56 Å². The summed E-state index contributed by atoms with van der Waals surface area (Å²) in [5.41, 5.74) is 5.89. The molecule has 1 atom stereocenters. The van der Waals surface area contributed by atoms with Crippen molar-refractivity contribution in [3.05, 3.63) is 35.9 Å². The predicted octanol–water partition coefficient (Wildman–Crippen LogP) is 0.753.